The fourth-order valence-electron chi connectivity index (χ4n) is 5.25. The average Bonchev–Trinajstić information content (AvgIpc) is 3.17. The number of carbonyl (C=O) groups is 2. The van der Waals surface area contributed by atoms with Gasteiger partial charge in [0.05, 0.1) is 22.0 Å². The molecule has 4 aromatic rings. The van der Waals surface area contributed by atoms with Crippen molar-refractivity contribution in [3.05, 3.63) is 88.7 Å². The molecule has 1 atom stereocenters. The van der Waals surface area contributed by atoms with E-state index in [-0.39, 0.29) is 24.5 Å². The van der Waals surface area contributed by atoms with Crippen LogP contribution in [0, 0.1) is 0 Å². The van der Waals surface area contributed by atoms with Crippen molar-refractivity contribution in [3.63, 3.8) is 0 Å². The third kappa shape index (κ3) is 3.15. The van der Waals surface area contributed by atoms with Crippen LogP contribution < -0.4 is 10.2 Å². The second kappa shape index (κ2) is 7.88. The van der Waals surface area contributed by atoms with E-state index in [1.807, 2.05) is 59.0 Å². The zero-order valence-electron chi connectivity index (χ0n) is 18.5. The fourth-order valence-corrected chi connectivity index (χ4v) is 5.37. The van der Waals surface area contributed by atoms with Crippen LogP contribution in [0.3, 0.4) is 0 Å². The van der Waals surface area contributed by atoms with Gasteiger partial charge >= 0.3 is 0 Å². The number of benzene rings is 2. The van der Waals surface area contributed by atoms with Crippen molar-refractivity contribution in [2.45, 2.75) is 19.1 Å². The lowest BCUT2D eigenvalue weighted by Gasteiger charge is -2.46. The Hall–Kier alpha value is -3.84. The molecule has 0 aliphatic carbocycles. The second-order valence-corrected chi connectivity index (χ2v) is 9.06. The van der Waals surface area contributed by atoms with Gasteiger partial charge in [0.15, 0.2) is 0 Å². The van der Waals surface area contributed by atoms with Gasteiger partial charge < -0.3 is 19.7 Å². The molecule has 0 unspecified atom stereocenters. The molecule has 0 saturated heterocycles. The van der Waals surface area contributed by atoms with Crippen molar-refractivity contribution in [3.8, 4) is 0 Å². The first-order valence-corrected chi connectivity index (χ1v) is 11.5. The Morgan fingerprint density at radius 2 is 1.91 bits per heavy atom. The fraction of sp³-hybridized carbons (Fsp3) is 0.192. The molecule has 7 nitrogen and oxygen atoms in total. The molecule has 2 aromatic carbocycles. The summed E-state index contributed by atoms with van der Waals surface area (Å²) < 4.78 is 2.05. The minimum absolute atomic E-state index is 0.0240. The highest BCUT2D eigenvalue weighted by atomic mass is 35.5. The summed E-state index contributed by atoms with van der Waals surface area (Å²) in [6.07, 6.45) is 1.95. The summed E-state index contributed by atoms with van der Waals surface area (Å²) in [5.74, 6) is 0.275. The largest absolute Gasteiger partial charge is 0.349 e. The van der Waals surface area contributed by atoms with E-state index >= 15 is 0 Å². The molecular weight excluding hydrogens is 450 g/mol. The first-order valence-electron chi connectivity index (χ1n) is 11.2. The molecule has 2 aliphatic rings. The van der Waals surface area contributed by atoms with Crippen LogP contribution in [-0.2, 0) is 17.8 Å². The lowest BCUT2D eigenvalue weighted by atomic mass is 9.96. The molecule has 2 aromatic heterocycles. The number of carbonyl (C=O) groups excluding carboxylic acids is 2. The van der Waals surface area contributed by atoms with Gasteiger partial charge in [0.1, 0.15) is 18.5 Å². The van der Waals surface area contributed by atoms with Crippen molar-refractivity contribution in [2.75, 3.05) is 23.8 Å². The van der Waals surface area contributed by atoms with Gasteiger partial charge in [-0.3, -0.25) is 9.59 Å². The molecule has 0 saturated carbocycles. The normalized spacial score (nSPS) is 16.8. The number of hydrogen-bond donors (Lipinski definition) is 1. The van der Waals surface area contributed by atoms with Gasteiger partial charge in [-0.25, -0.2) is 4.98 Å². The summed E-state index contributed by atoms with van der Waals surface area (Å²) in [4.78, 5) is 34.7. The summed E-state index contributed by atoms with van der Waals surface area (Å²) >= 11 is 5.92. The number of aromatic nitrogens is 2. The molecule has 0 spiro atoms. The van der Waals surface area contributed by atoms with Gasteiger partial charge in [-0.05, 0) is 42.3 Å². The van der Waals surface area contributed by atoms with E-state index in [0.29, 0.717) is 22.9 Å². The van der Waals surface area contributed by atoms with Gasteiger partial charge in [0, 0.05) is 30.7 Å². The summed E-state index contributed by atoms with van der Waals surface area (Å²) in [7, 11) is 2.01. The number of fused-ring (bicyclic) bond motifs is 6. The van der Waals surface area contributed by atoms with Crippen molar-refractivity contribution in [2.24, 2.45) is 0 Å². The number of pyridine rings is 1. The third-order valence-corrected chi connectivity index (χ3v) is 6.92. The van der Waals surface area contributed by atoms with Gasteiger partial charge in [-0.15, -0.1) is 0 Å². The SMILES string of the molecule is CN1c2ccccc2C(=O)N2CCc3c(n(CC(=O)Nc4ccc(Cl)cn4)c4ccccc34)[C@@H]21. The quantitative estimate of drug-likeness (QED) is 0.478. The van der Waals surface area contributed by atoms with Gasteiger partial charge in [0.2, 0.25) is 5.91 Å². The van der Waals surface area contributed by atoms with Crippen LogP contribution in [0.5, 0.6) is 0 Å². The van der Waals surface area contributed by atoms with E-state index in [4.69, 9.17) is 11.6 Å². The van der Waals surface area contributed by atoms with Gasteiger partial charge in [0.25, 0.3) is 5.91 Å². The molecule has 6 rings (SSSR count). The molecule has 8 heteroatoms. The standard InChI is InChI=1S/C26H22ClN5O2/c1-30-20-8-4-3-7-19(20)26(34)31-13-12-18-17-6-2-5-9-21(17)32(24(18)25(30)31)15-23(33)29-22-11-10-16(27)14-28-22/h2-11,14,25H,12-13,15H2,1H3,(H,28,29,33)/t25-/m1/s1. The van der Waals surface area contributed by atoms with Crippen LogP contribution in [-0.4, -0.2) is 39.9 Å². The number of halogens is 1. The molecule has 34 heavy (non-hydrogen) atoms. The molecule has 2 amide bonds. The molecule has 0 fully saturated rings. The van der Waals surface area contributed by atoms with Crippen LogP contribution in [0.4, 0.5) is 11.5 Å². The van der Waals surface area contributed by atoms with Crippen molar-refractivity contribution in [1.82, 2.24) is 14.5 Å². The second-order valence-electron chi connectivity index (χ2n) is 8.63. The predicted molar refractivity (Wildman–Crippen MR) is 132 cm³/mol. The monoisotopic (exact) mass is 471 g/mol. The Morgan fingerprint density at radius 1 is 1.12 bits per heavy atom. The maximum Gasteiger partial charge on any atom is 0.257 e. The van der Waals surface area contributed by atoms with Gasteiger partial charge in [-0.1, -0.05) is 41.9 Å². The summed E-state index contributed by atoms with van der Waals surface area (Å²) in [6.45, 7) is 0.734. The Kier molecular flexibility index (Phi) is 4.81. The number of para-hydroxylation sites is 2. The van der Waals surface area contributed by atoms with E-state index in [9.17, 15) is 9.59 Å². The molecule has 2 aliphatic heterocycles. The van der Waals surface area contributed by atoms with Crippen LogP contribution in [0.25, 0.3) is 10.9 Å². The minimum Gasteiger partial charge on any atom is -0.349 e. The Bertz CT molecular complexity index is 1450. The number of anilines is 2. The van der Waals surface area contributed by atoms with E-state index < -0.39 is 0 Å². The highest BCUT2D eigenvalue weighted by Gasteiger charge is 2.42. The molecule has 4 heterocycles. The van der Waals surface area contributed by atoms with Gasteiger partial charge in [-0.2, -0.15) is 0 Å². The maximum atomic E-state index is 13.4. The maximum absolute atomic E-state index is 13.4. The van der Waals surface area contributed by atoms with Crippen LogP contribution in [0.15, 0.2) is 66.9 Å². The van der Waals surface area contributed by atoms with Crippen LogP contribution in [0.1, 0.15) is 27.8 Å². The Balaban J connectivity index is 1.45. The minimum atomic E-state index is -0.292. The molecule has 1 N–H and O–H groups in total. The summed E-state index contributed by atoms with van der Waals surface area (Å²) in [6, 6.07) is 19.2. The van der Waals surface area contributed by atoms with E-state index in [2.05, 4.69) is 21.3 Å². The number of rotatable bonds is 3. The predicted octanol–water partition coefficient (Wildman–Crippen LogP) is 4.48. The van der Waals surface area contributed by atoms with E-state index in [1.165, 1.54) is 11.8 Å². The Morgan fingerprint density at radius 3 is 2.74 bits per heavy atom. The zero-order chi connectivity index (χ0) is 23.4. The lowest BCUT2D eigenvalue weighted by molar-refractivity contribution is -0.116. The van der Waals surface area contributed by atoms with Crippen molar-refractivity contribution < 1.29 is 9.59 Å². The first-order chi connectivity index (χ1) is 16.5. The molecule has 0 radical (unpaired) electrons. The summed E-state index contributed by atoms with van der Waals surface area (Å²) in [5, 5.41) is 4.49. The van der Waals surface area contributed by atoms with Crippen molar-refractivity contribution >= 4 is 45.8 Å². The molecule has 170 valence electrons. The number of hydrogen-bond acceptors (Lipinski definition) is 4. The first kappa shape index (κ1) is 20.7. The lowest BCUT2D eigenvalue weighted by Crippen LogP contribution is -2.51. The highest BCUT2D eigenvalue weighted by molar-refractivity contribution is 6.30. The zero-order valence-corrected chi connectivity index (χ0v) is 19.3. The van der Waals surface area contributed by atoms with E-state index in [1.54, 1.807) is 12.1 Å². The number of nitrogens with zero attached hydrogens (tertiary/aromatic N) is 4. The molecular formula is C26H22ClN5O2. The average molecular weight is 472 g/mol. The Labute approximate surface area is 201 Å². The molecule has 0 bridgehead atoms. The number of amides is 2. The van der Waals surface area contributed by atoms with E-state index in [0.717, 1.165) is 28.7 Å². The third-order valence-electron chi connectivity index (χ3n) is 6.70. The number of nitrogens with one attached hydrogen (secondary N) is 1. The summed E-state index contributed by atoms with van der Waals surface area (Å²) in [5.41, 5.74) is 4.76. The topological polar surface area (TPSA) is 70.5 Å². The highest BCUT2D eigenvalue weighted by Crippen LogP contribution is 2.44. The smallest absolute Gasteiger partial charge is 0.257 e. The van der Waals surface area contributed by atoms with Crippen LogP contribution in [0.2, 0.25) is 5.02 Å². The van der Waals surface area contributed by atoms with Crippen molar-refractivity contribution in [1.29, 1.82) is 0 Å². The van der Waals surface area contributed by atoms with Crippen LogP contribution >= 0.6 is 11.6 Å².